The van der Waals surface area contributed by atoms with Gasteiger partial charge in [-0.15, -0.1) is 10.2 Å². The van der Waals surface area contributed by atoms with E-state index in [0.29, 0.717) is 38.1 Å². The second-order valence-electron chi connectivity index (χ2n) is 6.73. The van der Waals surface area contributed by atoms with Crippen LogP contribution in [0.4, 0.5) is 0 Å². The molecule has 7 nitrogen and oxygen atoms in total. The molecule has 1 saturated heterocycles. The van der Waals surface area contributed by atoms with Gasteiger partial charge < -0.3 is 14.1 Å². The lowest BCUT2D eigenvalue weighted by Crippen LogP contribution is -2.41. The highest BCUT2D eigenvalue weighted by Gasteiger charge is 2.26. The Balaban J connectivity index is 1.52. The zero-order valence-corrected chi connectivity index (χ0v) is 15.6. The minimum Gasteiger partial charge on any atom is -0.461 e. The fourth-order valence-corrected chi connectivity index (χ4v) is 4.56. The van der Waals surface area contributed by atoms with Crippen LogP contribution in [0.5, 0.6) is 0 Å². The van der Waals surface area contributed by atoms with E-state index >= 15 is 0 Å². The Morgan fingerprint density at radius 3 is 2.73 bits per heavy atom. The van der Waals surface area contributed by atoms with Gasteiger partial charge in [0.2, 0.25) is 11.7 Å². The van der Waals surface area contributed by atoms with E-state index < -0.39 is 0 Å². The highest BCUT2D eigenvalue weighted by Crippen LogP contribution is 2.35. The molecule has 1 aliphatic heterocycles. The third kappa shape index (κ3) is 3.81. The zero-order chi connectivity index (χ0) is 17.8. The van der Waals surface area contributed by atoms with Gasteiger partial charge in [0.25, 0.3) is 0 Å². The Kier molecular flexibility index (Phi) is 5.59. The zero-order valence-electron chi connectivity index (χ0n) is 14.8. The number of ether oxygens (including phenoxy) is 1. The van der Waals surface area contributed by atoms with Crippen molar-refractivity contribution in [1.82, 2.24) is 19.7 Å². The summed E-state index contributed by atoms with van der Waals surface area (Å²) in [5.74, 6) is 2.01. The van der Waals surface area contributed by atoms with E-state index in [2.05, 4.69) is 14.8 Å². The van der Waals surface area contributed by atoms with E-state index in [9.17, 15) is 4.79 Å². The molecule has 1 saturated carbocycles. The monoisotopic (exact) mass is 376 g/mol. The van der Waals surface area contributed by atoms with Crippen molar-refractivity contribution in [1.29, 1.82) is 0 Å². The van der Waals surface area contributed by atoms with Gasteiger partial charge in [0.15, 0.2) is 10.9 Å². The van der Waals surface area contributed by atoms with Crippen LogP contribution < -0.4 is 0 Å². The van der Waals surface area contributed by atoms with E-state index in [1.807, 2.05) is 17.0 Å². The topological polar surface area (TPSA) is 73.4 Å². The van der Waals surface area contributed by atoms with E-state index in [4.69, 9.17) is 9.15 Å². The smallest absolute Gasteiger partial charge is 0.233 e. The van der Waals surface area contributed by atoms with Crippen LogP contribution in [-0.2, 0) is 9.53 Å². The summed E-state index contributed by atoms with van der Waals surface area (Å²) >= 11 is 1.48. The number of carbonyl (C=O) groups excluding carboxylic acids is 1. The summed E-state index contributed by atoms with van der Waals surface area (Å²) in [5.41, 5.74) is 0. The Hall–Kier alpha value is -1.80. The van der Waals surface area contributed by atoms with Gasteiger partial charge in [-0.3, -0.25) is 9.36 Å². The van der Waals surface area contributed by atoms with Crippen molar-refractivity contribution in [3.05, 3.63) is 18.4 Å². The third-order valence-electron chi connectivity index (χ3n) is 5.03. The van der Waals surface area contributed by atoms with Gasteiger partial charge >= 0.3 is 0 Å². The van der Waals surface area contributed by atoms with Crippen LogP contribution in [0.2, 0.25) is 0 Å². The molecule has 26 heavy (non-hydrogen) atoms. The summed E-state index contributed by atoms with van der Waals surface area (Å²) in [5, 5.41) is 9.57. The van der Waals surface area contributed by atoms with Gasteiger partial charge in [0.1, 0.15) is 0 Å². The predicted molar refractivity (Wildman–Crippen MR) is 98.0 cm³/mol. The lowest BCUT2D eigenvalue weighted by atomic mass is 9.95. The van der Waals surface area contributed by atoms with Crippen molar-refractivity contribution in [2.24, 2.45) is 0 Å². The van der Waals surface area contributed by atoms with Crippen LogP contribution >= 0.6 is 11.8 Å². The first-order valence-corrected chi connectivity index (χ1v) is 10.3. The Bertz CT molecular complexity index is 719. The van der Waals surface area contributed by atoms with Crippen molar-refractivity contribution in [3.63, 3.8) is 0 Å². The maximum atomic E-state index is 12.5. The molecule has 8 heteroatoms. The average Bonchev–Trinajstić information content (AvgIpc) is 3.37. The Labute approximate surface area is 157 Å². The second kappa shape index (κ2) is 8.26. The molecule has 2 aromatic rings. The second-order valence-corrected chi connectivity index (χ2v) is 7.67. The SMILES string of the molecule is O=C(CSc1nnc(-c2ccco2)n1C1CCCCC1)N1CCOCC1. The molecule has 0 spiro atoms. The van der Waals surface area contributed by atoms with E-state index in [-0.39, 0.29) is 5.91 Å². The van der Waals surface area contributed by atoms with Crippen LogP contribution in [0.15, 0.2) is 28.0 Å². The minimum atomic E-state index is 0.135. The van der Waals surface area contributed by atoms with Crippen LogP contribution in [0, 0.1) is 0 Å². The van der Waals surface area contributed by atoms with Crippen molar-refractivity contribution in [2.75, 3.05) is 32.1 Å². The number of furan rings is 1. The molecule has 0 radical (unpaired) electrons. The molecule has 4 rings (SSSR count). The minimum absolute atomic E-state index is 0.135. The van der Waals surface area contributed by atoms with E-state index in [1.165, 1.54) is 31.0 Å². The number of hydrogen-bond donors (Lipinski definition) is 0. The summed E-state index contributed by atoms with van der Waals surface area (Å²) in [7, 11) is 0. The first-order valence-electron chi connectivity index (χ1n) is 9.30. The molecular weight excluding hydrogens is 352 g/mol. The molecule has 1 aliphatic carbocycles. The molecule has 0 unspecified atom stereocenters. The Morgan fingerprint density at radius 1 is 1.19 bits per heavy atom. The van der Waals surface area contributed by atoms with Crippen LogP contribution in [0.25, 0.3) is 11.6 Å². The van der Waals surface area contributed by atoms with Crippen molar-refractivity contribution < 1.29 is 13.9 Å². The van der Waals surface area contributed by atoms with E-state index in [1.54, 1.807) is 6.26 Å². The number of nitrogens with zero attached hydrogens (tertiary/aromatic N) is 4. The molecule has 2 aliphatic rings. The summed E-state index contributed by atoms with van der Waals surface area (Å²) in [4.78, 5) is 14.3. The first-order chi connectivity index (χ1) is 12.8. The number of morpholine rings is 1. The summed E-state index contributed by atoms with van der Waals surface area (Å²) in [6.45, 7) is 2.59. The highest BCUT2D eigenvalue weighted by molar-refractivity contribution is 7.99. The molecule has 1 amide bonds. The number of hydrogen-bond acceptors (Lipinski definition) is 6. The largest absolute Gasteiger partial charge is 0.461 e. The van der Waals surface area contributed by atoms with Crippen LogP contribution in [0.1, 0.15) is 38.1 Å². The first kappa shape index (κ1) is 17.6. The third-order valence-corrected chi connectivity index (χ3v) is 5.96. The van der Waals surface area contributed by atoms with Crippen LogP contribution in [-0.4, -0.2) is 57.6 Å². The molecule has 2 fully saturated rings. The van der Waals surface area contributed by atoms with Crippen molar-refractivity contribution in [3.8, 4) is 11.6 Å². The molecule has 3 heterocycles. The number of amides is 1. The van der Waals surface area contributed by atoms with Gasteiger partial charge in [-0.2, -0.15) is 0 Å². The predicted octanol–water partition coefficient (Wildman–Crippen LogP) is 2.99. The normalized spacial score (nSPS) is 19.0. The number of aromatic nitrogens is 3. The maximum Gasteiger partial charge on any atom is 0.233 e. The quantitative estimate of drug-likeness (QED) is 0.747. The molecular formula is C18H24N4O3S. The van der Waals surface area contributed by atoms with Gasteiger partial charge in [-0.05, 0) is 25.0 Å². The number of rotatable bonds is 5. The summed E-state index contributed by atoms with van der Waals surface area (Å²) in [6, 6.07) is 4.15. The number of thioether (sulfide) groups is 1. The molecule has 2 aromatic heterocycles. The van der Waals surface area contributed by atoms with Gasteiger partial charge in [0, 0.05) is 19.1 Å². The fourth-order valence-electron chi connectivity index (χ4n) is 3.65. The molecule has 0 bridgehead atoms. The highest BCUT2D eigenvalue weighted by atomic mass is 32.2. The van der Waals surface area contributed by atoms with Gasteiger partial charge in [-0.1, -0.05) is 31.0 Å². The molecule has 0 N–H and O–H groups in total. The maximum absolute atomic E-state index is 12.5. The molecule has 0 aromatic carbocycles. The van der Waals surface area contributed by atoms with Crippen LogP contribution in [0.3, 0.4) is 0 Å². The lowest BCUT2D eigenvalue weighted by molar-refractivity contribution is -0.132. The fraction of sp³-hybridized carbons (Fsp3) is 0.611. The van der Waals surface area contributed by atoms with Gasteiger partial charge in [-0.25, -0.2) is 0 Å². The molecule has 140 valence electrons. The standard InChI is InChI=1S/C18H24N4O3S/c23-16(21-8-11-24-12-9-21)13-26-18-20-19-17(15-7-4-10-25-15)22(18)14-5-2-1-3-6-14/h4,7,10,14H,1-3,5-6,8-9,11-13H2. The average molecular weight is 376 g/mol. The van der Waals surface area contributed by atoms with Crippen molar-refractivity contribution in [2.45, 2.75) is 43.3 Å². The Morgan fingerprint density at radius 2 is 2.00 bits per heavy atom. The van der Waals surface area contributed by atoms with Gasteiger partial charge in [0.05, 0.1) is 25.2 Å². The lowest BCUT2D eigenvalue weighted by Gasteiger charge is -2.27. The van der Waals surface area contributed by atoms with E-state index in [0.717, 1.165) is 29.6 Å². The summed E-state index contributed by atoms with van der Waals surface area (Å²) in [6.07, 6.45) is 7.62. The number of carbonyl (C=O) groups is 1. The molecule has 0 atom stereocenters. The summed E-state index contributed by atoms with van der Waals surface area (Å²) < 4.78 is 13.1. The van der Waals surface area contributed by atoms with Crippen molar-refractivity contribution >= 4 is 17.7 Å².